The largest absolute Gasteiger partial charge is 0.506 e. The number of phenols is 1. The average molecular weight is 349 g/mol. The Morgan fingerprint density at radius 2 is 1.90 bits per heavy atom. The summed E-state index contributed by atoms with van der Waals surface area (Å²) in [5.41, 5.74) is 2.72. The maximum absolute atomic E-state index is 11.3. The topological polar surface area (TPSA) is 61.4 Å². The average Bonchev–Trinajstić information content (AvgIpc) is 2.50. The zero-order chi connectivity index (χ0) is 15.2. The summed E-state index contributed by atoms with van der Waals surface area (Å²) in [5, 5.41) is 15.8. The van der Waals surface area contributed by atoms with Crippen LogP contribution < -0.4 is 10.6 Å². The van der Waals surface area contributed by atoms with E-state index in [-0.39, 0.29) is 11.7 Å². The van der Waals surface area contributed by atoms with Gasteiger partial charge >= 0.3 is 0 Å². The lowest BCUT2D eigenvalue weighted by Crippen LogP contribution is -2.19. The van der Waals surface area contributed by atoms with E-state index in [0.29, 0.717) is 17.4 Å². The number of benzene rings is 2. The number of halogens is 1. The third-order valence-electron chi connectivity index (χ3n) is 3.15. The van der Waals surface area contributed by atoms with Crippen molar-refractivity contribution in [3.05, 3.63) is 58.1 Å². The molecule has 0 spiro atoms. The number of nitrogens with one attached hydrogen (secondary N) is 2. The van der Waals surface area contributed by atoms with Crippen LogP contribution in [-0.2, 0) is 17.8 Å². The van der Waals surface area contributed by atoms with Crippen LogP contribution >= 0.6 is 15.9 Å². The van der Waals surface area contributed by atoms with Crippen molar-refractivity contribution in [3.63, 3.8) is 0 Å². The summed E-state index contributed by atoms with van der Waals surface area (Å²) in [6, 6.07) is 13.2. The highest BCUT2D eigenvalue weighted by Gasteiger charge is 2.05. The van der Waals surface area contributed by atoms with E-state index in [4.69, 9.17) is 0 Å². The van der Waals surface area contributed by atoms with Gasteiger partial charge in [0.05, 0.1) is 10.9 Å². The molecule has 0 saturated carbocycles. The lowest BCUT2D eigenvalue weighted by molar-refractivity contribution is -0.119. The zero-order valence-corrected chi connectivity index (χ0v) is 13.3. The van der Waals surface area contributed by atoms with Crippen molar-refractivity contribution in [3.8, 4) is 5.75 Å². The Kier molecular flexibility index (Phi) is 5.22. The number of hydrogen-bond acceptors (Lipinski definition) is 3. The Morgan fingerprint density at radius 3 is 2.57 bits per heavy atom. The van der Waals surface area contributed by atoms with Gasteiger partial charge in [0.15, 0.2) is 0 Å². The fraction of sp³-hybridized carbons (Fsp3) is 0.188. The molecule has 3 N–H and O–H groups in total. The molecule has 0 radical (unpaired) electrons. The van der Waals surface area contributed by atoms with Crippen LogP contribution in [0.25, 0.3) is 0 Å². The van der Waals surface area contributed by atoms with Crippen LogP contribution in [0.15, 0.2) is 46.9 Å². The Bertz CT molecular complexity index is 627. The smallest absolute Gasteiger partial charge is 0.224 e. The van der Waals surface area contributed by atoms with Crippen molar-refractivity contribution in [1.29, 1.82) is 0 Å². The fourth-order valence-electron chi connectivity index (χ4n) is 1.91. The highest BCUT2D eigenvalue weighted by molar-refractivity contribution is 9.10. The Morgan fingerprint density at radius 1 is 1.19 bits per heavy atom. The standard InChI is InChI=1S/C16H17BrN2O2/c1-18-15(20)9-11-5-7-13(8-6-11)19-10-12-3-2-4-14(17)16(12)21/h2-8,19,21H,9-10H2,1H3,(H,18,20). The third kappa shape index (κ3) is 4.23. The van der Waals surface area contributed by atoms with Gasteiger partial charge < -0.3 is 15.7 Å². The molecule has 0 heterocycles. The Balaban J connectivity index is 1.97. The van der Waals surface area contributed by atoms with Crippen molar-refractivity contribution >= 4 is 27.5 Å². The molecular formula is C16H17BrN2O2. The first kappa shape index (κ1) is 15.4. The second kappa shape index (κ2) is 7.13. The maximum Gasteiger partial charge on any atom is 0.224 e. The number of hydrogen-bond donors (Lipinski definition) is 3. The number of para-hydroxylation sites is 1. The summed E-state index contributed by atoms with van der Waals surface area (Å²) in [6.07, 6.45) is 0.378. The van der Waals surface area contributed by atoms with Gasteiger partial charge in [0.25, 0.3) is 0 Å². The second-order valence-corrected chi connectivity index (χ2v) is 5.50. The molecule has 0 saturated heterocycles. The van der Waals surface area contributed by atoms with Gasteiger partial charge in [0, 0.05) is 24.8 Å². The quantitative estimate of drug-likeness (QED) is 0.778. The van der Waals surface area contributed by atoms with Crippen LogP contribution in [0, 0.1) is 0 Å². The van der Waals surface area contributed by atoms with Gasteiger partial charge in [-0.05, 0) is 39.7 Å². The van der Waals surface area contributed by atoms with Gasteiger partial charge in [-0.2, -0.15) is 0 Å². The number of aromatic hydroxyl groups is 1. The van der Waals surface area contributed by atoms with Crippen LogP contribution in [-0.4, -0.2) is 18.1 Å². The summed E-state index contributed by atoms with van der Waals surface area (Å²) >= 11 is 3.30. The first-order chi connectivity index (χ1) is 10.1. The van der Waals surface area contributed by atoms with Crippen LogP contribution in [0.2, 0.25) is 0 Å². The van der Waals surface area contributed by atoms with E-state index in [1.54, 1.807) is 13.1 Å². The Hall–Kier alpha value is -2.01. The van der Waals surface area contributed by atoms with E-state index in [1.165, 1.54) is 0 Å². The van der Waals surface area contributed by atoms with E-state index in [1.807, 2.05) is 36.4 Å². The highest BCUT2D eigenvalue weighted by atomic mass is 79.9. The predicted molar refractivity (Wildman–Crippen MR) is 87.3 cm³/mol. The molecule has 0 aliphatic rings. The number of rotatable bonds is 5. The normalized spacial score (nSPS) is 10.2. The van der Waals surface area contributed by atoms with Crippen LogP contribution in [0.4, 0.5) is 5.69 Å². The van der Waals surface area contributed by atoms with Gasteiger partial charge in [-0.15, -0.1) is 0 Å². The number of amides is 1. The third-order valence-corrected chi connectivity index (χ3v) is 3.79. The van der Waals surface area contributed by atoms with Crippen molar-refractivity contribution in [2.24, 2.45) is 0 Å². The lowest BCUT2D eigenvalue weighted by atomic mass is 10.1. The molecule has 1 amide bonds. The molecule has 21 heavy (non-hydrogen) atoms. The van der Waals surface area contributed by atoms with E-state index < -0.39 is 0 Å². The predicted octanol–water partition coefficient (Wildman–Crippen LogP) is 3.06. The highest BCUT2D eigenvalue weighted by Crippen LogP contribution is 2.27. The van der Waals surface area contributed by atoms with Crippen molar-refractivity contribution in [2.45, 2.75) is 13.0 Å². The SMILES string of the molecule is CNC(=O)Cc1ccc(NCc2cccc(Br)c2O)cc1. The molecule has 0 fully saturated rings. The zero-order valence-electron chi connectivity index (χ0n) is 11.7. The lowest BCUT2D eigenvalue weighted by Gasteiger charge is -2.10. The molecule has 0 aromatic heterocycles. The van der Waals surface area contributed by atoms with Gasteiger partial charge in [-0.25, -0.2) is 0 Å². The molecule has 2 aromatic rings. The molecule has 0 unspecified atom stereocenters. The number of anilines is 1. The van der Waals surface area contributed by atoms with Crippen molar-refractivity contribution in [1.82, 2.24) is 5.32 Å². The minimum Gasteiger partial charge on any atom is -0.506 e. The number of carbonyl (C=O) groups excluding carboxylic acids is 1. The van der Waals surface area contributed by atoms with Crippen LogP contribution in [0.1, 0.15) is 11.1 Å². The van der Waals surface area contributed by atoms with Gasteiger partial charge in [0.1, 0.15) is 5.75 Å². The first-order valence-electron chi connectivity index (χ1n) is 6.60. The number of carbonyl (C=O) groups is 1. The van der Waals surface area contributed by atoms with Gasteiger partial charge in [-0.3, -0.25) is 4.79 Å². The molecule has 110 valence electrons. The molecule has 4 nitrogen and oxygen atoms in total. The van der Waals surface area contributed by atoms with E-state index in [2.05, 4.69) is 26.6 Å². The number of likely N-dealkylation sites (N-methyl/N-ethyl adjacent to an activating group) is 1. The summed E-state index contributed by atoms with van der Waals surface area (Å²) in [6.45, 7) is 0.528. The number of phenolic OH excluding ortho intramolecular Hbond substituents is 1. The van der Waals surface area contributed by atoms with E-state index in [9.17, 15) is 9.90 Å². The van der Waals surface area contributed by atoms with Crippen molar-refractivity contribution < 1.29 is 9.90 Å². The minimum absolute atomic E-state index is 0.00485. The minimum atomic E-state index is -0.00485. The molecule has 2 aromatic carbocycles. The second-order valence-electron chi connectivity index (χ2n) is 4.65. The molecule has 5 heteroatoms. The summed E-state index contributed by atoms with van der Waals surface area (Å²) in [5.74, 6) is 0.246. The Labute approximate surface area is 132 Å². The molecule has 0 aliphatic carbocycles. The fourth-order valence-corrected chi connectivity index (χ4v) is 2.32. The van der Waals surface area contributed by atoms with E-state index in [0.717, 1.165) is 16.8 Å². The van der Waals surface area contributed by atoms with E-state index >= 15 is 0 Å². The van der Waals surface area contributed by atoms with Gasteiger partial charge in [0.2, 0.25) is 5.91 Å². The monoisotopic (exact) mass is 348 g/mol. The summed E-state index contributed by atoms with van der Waals surface area (Å²) in [7, 11) is 1.63. The molecule has 0 aliphatic heterocycles. The van der Waals surface area contributed by atoms with Gasteiger partial charge in [-0.1, -0.05) is 24.3 Å². The molecule has 0 atom stereocenters. The molecule has 0 bridgehead atoms. The molecule has 2 rings (SSSR count). The van der Waals surface area contributed by atoms with Crippen LogP contribution in [0.5, 0.6) is 5.75 Å². The van der Waals surface area contributed by atoms with Crippen molar-refractivity contribution in [2.75, 3.05) is 12.4 Å². The summed E-state index contributed by atoms with van der Waals surface area (Å²) < 4.78 is 0.683. The first-order valence-corrected chi connectivity index (χ1v) is 7.39. The summed E-state index contributed by atoms with van der Waals surface area (Å²) in [4.78, 5) is 11.3. The van der Waals surface area contributed by atoms with Crippen LogP contribution in [0.3, 0.4) is 0 Å². The molecular weight excluding hydrogens is 332 g/mol. The maximum atomic E-state index is 11.3.